The van der Waals surface area contributed by atoms with Gasteiger partial charge in [-0.1, -0.05) is 6.42 Å². The Labute approximate surface area is 139 Å². The second-order valence-corrected chi connectivity index (χ2v) is 7.94. The average molecular weight is 323 g/mol. The molecule has 1 aromatic heterocycles. The number of nitrogens with one attached hydrogen (secondary N) is 1. The van der Waals surface area contributed by atoms with Crippen LogP contribution in [-0.2, 0) is 12.8 Å². The number of aryl methyl sites for hydroxylation is 2. The fourth-order valence-electron chi connectivity index (χ4n) is 3.28. The van der Waals surface area contributed by atoms with Crippen molar-refractivity contribution >= 4 is 17.2 Å². The molecule has 1 aliphatic carbocycles. The first-order valence-corrected chi connectivity index (χ1v) is 9.46. The van der Waals surface area contributed by atoms with E-state index in [0.717, 1.165) is 30.8 Å². The first-order chi connectivity index (χ1) is 10.5. The van der Waals surface area contributed by atoms with Crippen LogP contribution in [-0.4, -0.2) is 36.0 Å². The Morgan fingerprint density at radius 2 is 1.86 bits per heavy atom. The molecule has 0 saturated carbocycles. The van der Waals surface area contributed by atoms with E-state index in [9.17, 15) is 4.79 Å². The van der Waals surface area contributed by atoms with Crippen LogP contribution in [0.4, 0.5) is 0 Å². The molecule has 1 heterocycles. The molecular formula is C18H30N2OS. The van der Waals surface area contributed by atoms with Gasteiger partial charge in [0.2, 0.25) is 0 Å². The van der Waals surface area contributed by atoms with Gasteiger partial charge in [-0.15, -0.1) is 11.3 Å². The Balaban J connectivity index is 1.87. The molecule has 1 aliphatic rings. The number of carbonyl (C=O) groups is 1. The molecule has 0 fully saturated rings. The van der Waals surface area contributed by atoms with Crippen LogP contribution < -0.4 is 5.32 Å². The Kier molecular flexibility index (Phi) is 6.45. The van der Waals surface area contributed by atoms with Crippen LogP contribution in [0.15, 0.2) is 6.07 Å². The molecule has 0 saturated heterocycles. The highest BCUT2D eigenvalue weighted by Gasteiger charge is 2.17. The molecule has 0 unspecified atom stereocenters. The Morgan fingerprint density at radius 1 is 1.18 bits per heavy atom. The second-order valence-electron chi connectivity index (χ2n) is 6.80. The number of rotatable bonds is 6. The van der Waals surface area contributed by atoms with Crippen LogP contribution in [0.3, 0.4) is 0 Å². The fraction of sp³-hybridized carbons (Fsp3) is 0.722. The second kappa shape index (κ2) is 8.11. The first kappa shape index (κ1) is 17.5. The molecule has 22 heavy (non-hydrogen) atoms. The fourth-order valence-corrected chi connectivity index (χ4v) is 4.45. The van der Waals surface area contributed by atoms with Crippen LogP contribution in [0.1, 0.15) is 67.1 Å². The van der Waals surface area contributed by atoms with Gasteiger partial charge < -0.3 is 5.32 Å². The van der Waals surface area contributed by atoms with Gasteiger partial charge in [0, 0.05) is 30.1 Å². The van der Waals surface area contributed by atoms with Crippen LogP contribution in [0.25, 0.3) is 0 Å². The number of thiophene rings is 1. The summed E-state index contributed by atoms with van der Waals surface area (Å²) in [4.78, 5) is 17.1. The maximum absolute atomic E-state index is 12.4. The van der Waals surface area contributed by atoms with Crippen molar-refractivity contribution in [1.29, 1.82) is 0 Å². The Morgan fingerprint density at radius 3 is 2.55 bits per heavy atom. The number of nitrogens with zero attached hydrogens (tertiary/aromatic N) is 1. The van der Waals surface area contributed by atoms with E-state index < -0.39 is 0 Å². The molecule has 1 N–H and O–H groups in total. The van der Waals surface area contributed by atoms with E-state index in [1.807, 2.05) is 0 Å². The summed E-state index contributed by atoms with van der Waals surface area (Å²) < 4.78 is 0. The standard InChI is InChI=1S/C18H30N2OS/c1-13(2)20(14(3)4)11-10-19-18(21)17-12-15-8-6-5-7-9-16(15)22-17/h12-14H,5-11H2,1-4H3,(H,19,21). The quantitative estimate of drug-likeness (QED) is 0.807. The lowest BCUT2D eigenvalue weighted by atomic mass is 10.1. The van der Waals surface area contributed by atoms with Crippen molar-refractivity contribution < 1.29 is 4.79 Å². The van der Waals surface area contributed by atoms with Crippen molar-refractivity contribution in [2.75, 3.05) is 13.1 Å². The SMILES string of the molecule is CC(C)N(CCNC(=O)c1cc2c(s1)CCCCC2)C(C)C. The van der Waals surface area contributed by atoms with E-state index in [1.54, 1.807) is 11.3 Å². The van der Waals surface area contributed by atoms with Crippen molar-refractivity contribution in [3.05, 3.63) is 21.4 Å². The lowest BCUT2D eigenvalue weighted by Crippen LogP contribution is -2.42. The van der Waals surface area contributed by atoms with Crippen LogP contribution in [0.5, 0.6) is 0 Å². The van der Waals surface area contributed by atoms with Crippen LogP contribution in [0, 0.1) is 0 Å². The molecule has 0 radical (unpaired) electrons. The van der Waals surface area contributed by atoms with Gasteiger partial charge in [0.05, 0.1) is 4.88 Å². The first-order valence-electron chi connectivity index (χ1n) is 8.64. The van der Waals surface area contributed by atoms with Gasteiger partial charge in [-0.25, -0.2) is 0 Å². The maximum Gasteiger partial charge on any atom is 0.261 e. The van der Waals surface area contributed by atoms with Crippen LogP contribution >= 0.6 is 11.3 Å². The minimum atomic E-state index is 0.102. The summed E-state index contributed by atoms with van der Waals surface area (Å²) in [6, 6.07) is 3.15. The largest absolute Gasteiger partial charge is 0.350 e. The summed E-state index contributed by atoms with van der Waals surface area (Å²) in [6.45, 7) is 10.5. The van der Waals surface area contributed by atoms with Crippen molar-refractivity contribution in [3.63, 3.8) is 0 Å². The van der Waals surface area contributed by atoms with E-state index in [4.69, 9.17) is 0 Å². The summed E-state index contributed by atoms with van der Waals surface area (Å²) >= 11 is 1.70. The van der Waals surface area contributed by atoms with Crippen molar-refractivity contribution in [3.8, 4) is 0 Å². The van der Waals surface area contributed by atoms with E-state index in [2.05, 4.69) is 44.0 Å². The van der Waals surface area contributed by atoms with E-state index in [1.165, 1.54) is 29.7 Å². The molecule has 124 valence electrons. The van der Waals surface area contributed by atoms with E-state index in [0.29, 0.717) is 12.1 Å². The zero-order valence-corrected chi connectivity index (χ0v) is 15.3. The van der Waals surface area contributed by atoms with E-state index >= 15 is 0 Å². The van der Waals surface area contributed by atoms with Gasteiger partial charge in [0.25, 0.3) is 5.91 Å². The number of hydrogen-bond acceptors (Lipinski definition) is 3. The smallest absolute Gasteiger partial charge is 0.261 e. The highest BCUT2D eigenvalue weighted by Crippen LogP contribution is 2.28. The summed E-state index contributed by atoms with van der Waals surface area (Å²) in [5.74, 6) is 0.102. The molecule has 3 nitrogen and oxygen atoms in total. The molecule has 2 rings (SSSR count). The van der Waals surface area contributed by atoms with Gasteiger partial charge in [0.15, 0.2) is 0 Å². The van der Waals surface area contributed by atoms with Gasteiger partial charge >= 0.3 is 0 Å². The van der Waals surface area contributed by atoms with Crippen molar-refractivity contribution in [2.24, 2.45) is 0 Å². The summed E-state index contributed by atoms with van der Waals surface area (Å²) in [6.07, 6.45) is 6.16. The number of amides is 1. The molecule has 4 heteroatoms. The molecule has 0 aliphatic heterocycles. The zero-order chi connectivity index (χ0) is 16.1. The highest BCUT2D eigenvalue weighted by molar-refractivity contribution is 7.14. The van der Waals surface area contributed by atoms with Crippen molar-refractivity contribution in [1.82, 2.24) is 10.2 Å². The van der Waals surface area contributed by atoms with Crippen molar-refractivity contribution in [2.45, 2.75) is 71.9 Å². The number of carbonyl (C=O) groups excluding carboxylic acids is 1. The topological polar surface area (TPSA) is 32.3 Å². The van der Waals surface area contributed by atoms with Crippen LogP contribution in [0.2, 0.25) is 0 Å². The zero-order valence-electron chi connectivity index (χ0n) is 14.4. The van der Waals surface area contributed by atoms with Gasteiger partial charge in [-0.2, -0.15) is 0 Å². The minimum Gasteiger partial charge on any atom is -0.350 e. The minimum absolute atomic E-state index is 0.102. The predicted molar refractivity (Wildman–Crippen MR) is 94.9 cm³/mol. The summed E-state index contributed by atoms with van der Waals surface area (Å²) in [5.41, 5.74) is 1.42. The number of hydrogen-bond donors (Lipinski definition) is 1. The lowest BCUT2D eigenvalue weighted by Gasteiger charge is -2.30. The predicted octanol–water partition coefficient (Wildman–Crippen LogP) is 3.87. The summed E-state index contributed by atoms with van der Waals surface area (Å²) in [5, 5.41) is 3.09. The molecule has 0 spiro atoms. The third-order valence-corrected chi connectivity index (χ3v) is 5.69. The molecule has 1 aromatic rings. The molecule has 0 aromatic carbocycles. The highest BCUT2D eigenvalue weighted by atomic mass is 32.1. The van der Waals surface area contributed by atoms with Gasteiger partial charge in [-0.05, 0) is 65.0 Å². The lowest BCUT2D eigenvalue weighted by molar-refractivity contribution is 0.0943. The van der Waals surface area contributed by atoms with Gasteiger partial charge in [-0.3, -0.25) is 9.69 Å². The average Bonchev–Trinajstić information content (AvgIpc) is 2.74. The Hall–Kier alpha value is -0.870. The molecule has 0 atom stereocenters. The molecule has 1 amide bonds. The molecular weight excluding hydrogens is 292 g/mol. The van der Waals surface area contributed by atoms with E-state index in [-0.39, 0.29) is 5.91 Å². The normalized spacial score (nSPS) is 15.2. The third kappa shape index (κ3) is 4.56. The summed E-state index contributed by atoms with van der Waals surface area (Å²) in [7, 11) is 0. The maximum atomic E-state index is 12.4. The monoisotopic (exact) mass is 322 g/mol. The number of fused-ring (bicyclic) bond motifs is 1. The Bertz CT molecular complexity index is 462. The molecule has 0 bridgehead atoms. The third-order valence-electron chi connectivity index (χ3n) is 4.45. The van der Waals surface area contributed by atoms with Gasteiger partial charge in [0.1, 0.15) is 0 Å².